The second kappa shape index (κ2) is 13.2. The van der Waals surface area contributed by atoms with Gasteiger partial charge in [-0.3, -0.25) is 4.90 Å². The minimum atomic E-state index is -0.209. The van der Waals surface area contributed by atoms with E-state index in [1.807, 2.05) is 22.7 Å². The number of anilines is 6. The Morgan fingerprint density at radius 3 is 1.37 bits per heavy atom. The molecule has 0 atom stereocenters. The summed E-state index contributed by atoms with van der Waals surface area (Å²) in [5, 5.41) is 2.68. The third-order valence-corrected chi connectivity index (χ3v) is 18.3. The quantitative estimate of drug-likeness (QED) is 0.161. The molecule has 3 aromatic heterocycles. The van der Waals surface area contributed by atoms with Crippen molar-refractivity contribution >= 4 is 98.8 Å². The Kier molecular flexibility index (Phi) is 8.77. The van der Waals surface area contributed by atoms with Crippen LogP contribution in [0, 0.1) is 0 Å². The van der Waals surface area contributed by atoms with Crippen LogP contribution in [-0.4, -0.2) is 11.7 Å². The molecule has 0 saturated carbocycles. The zero-order valence-electron chi connectivity index (χ0n) is 42.2. The topological polar surface area (TPSA) is 19.4 Å². The van der Waals surface area contributed by atoms with Crippen molar-refractivity contribution in [3.63, 3.8) is 0 Å². The van der Waals surface area contributed by atoms with Crippen molar-refractivity contribution in [1.82, 2.24) is 4.98 Å². The Labute approximate surface area is 397 Å². The Morgan fingerprint density at radius 1 is 0.492 bits per heavy atom. The molecule has 4 aromatic carbocycles. The summed E-state index contributed by atoms with van der Waals surface area (Å²) < 4.78 is 5.53. The maximum atomic E-state index is 5.96. The lowest BCUT2D eigenvalue weighted by Crippen LogP contribution is -2.60. The third-order valence-electron chi connectivity index (χ3n) is 15.8. The number of pyridine rings is 1. The number of thiophene rings is 2. The Morgan fingerprint density at radius 2 is 0.923 bits per heavy atom. The molecule has 0 saturated heterocycles. The van der Waals surface area contributed by atoms with Gasteiger partial charge in [-0.25, -0.2) is 4.98 Å². The molecule has 0 unspecified atom stereocenters. The molecule has 0 amide bonds. The van der Waals surface area contributed by atoms with E-state index in [4.69, 9.17) is 4.98 Å². The average Bonchev–Trinajstić information content (AvgIpc) is 3.86. The van der Waals surface area contributed by atoms with Crippen molar-refractivity contribution in [1.29, 1.82) is 0 Å². The molecule has 0 radical (unpaired) electrons. The average molecular weight is 894 g/mol. The first-order valence-corrected chi connectivity index (χ1v) is 25.8. The highest BCUT2D eigenvalue weighted by Crippen LogP contribution is 2.56. The van der Waals surface area contributed by atoms with Crippen LogP contribution in [-0.2, 0) is 37.9 Å². The minimum absolute atomic E-state index is 0.00278. The summed E-state index contributed by atoms with van der Waals surface area (Å²) in [6.45, 7) is 40.7. The maximum Gasteiger partial charge on any atom is 0.279 e. The summed E-state index contributed by atoms with van der Waals surface area (Å²) in [6, 6.07) is 32.0. The summed E-state index contributed by atoms with van der Waals surface area (Å²) >= 11 is 4.01. The van der Waals surface area contributed by atoms with Crippen molar-refractivity contribution in [3.8, 4) is 0 Å². The van der Waals surface area contributed by atoms with E-state index in [0.29, 0.717) is 0 Å². The molecule has 6 heteroatoms. The van der Waals surface area contributed by atoms with E-state index in [0.717, 1.165) is 24.4 Å². The summed E-state index contributed by atoms with van der Waals surface area (Å²) in [7, 11) is 0. The number of hydrogen-bond acceptors (Lipinski definition) is 5. The van der Waals surface area contributed by atoms with Crippen molar-refractivity contribution < 1.29 is 0 Å². The van der Waals surface area contributed by atoms with Crippen LogP contribution in [0.2, 0.25) is 0 Å². The van der Waals surface area contributed by atoms with E-state index in [1.54, 1.807) is 0 Å². The zero-order valence-corrected chi connectivity index (χ0v) is 43.8. The first-order chi connectivity index (χ1) is 30.1. The van der Waals surface area contributed by atoms with Crippen LogP contribution in [0.3, 0.4) is 0 Å². The minimum Gasteiger partial charge on any atom is -0.310 e. The molecule has 2 aliphatic carbocycles. The lowest BCUT2D eigenvalue weighted by Gasteiger charge is -2.42. The Balaban J connectivity index is 1.29. The number of hydrogen-bond donors (Lipinski definition) is 0. The molecule has 2 aliphatic heterocycles. The molecule has 5 heterocycles. The van der Waals surface area contributed by atoms with E-state index < -0.39 is 0 Å². The molecular weight excluding hydrogens is 826 g/mol. The number of nitrogens with zero attached hydrogens (tertiary/aromatic N) is 3. The van der Waals surface area contributed by atoms with Gasteiger partial charge in [0, 0.05) is 52.2 Å². The highest BCUT2D eigenvalue weighted by molar-refractivity contribution is 7.40. The van der Waals surface area contributed by atoms with Crippen LogP contribution in [0.5, 0.6) is 0 Å². The Hall–Kier alpha value is -4.39. The van der Waals surface area contributed by atoms with E-state index in [1.165, 1.54) is 97.0 Å². The molecule has 7 aromatic rings. The molecule has 3 nitrogen and oxygen atoms in total. The standard InChI is InChI=1S/C59H68BN3S2/c1-53(2,3)33-18-24-44-37(26-33)48-50(64-44)60-47-43(62(48)35-20-22-39-41(28-35)58(14,15)31-56(39,10)11)30-46(55(7,8)9)61-52(47)63(36-21-23-40-42(29-36)59(16,17)32-57(40,12)13)49-38-27-34(54(4,5)6)19-25-45(38)65-51(49)60/h18-30H,31-32H2,1-17H3. The number of fused-ring (bicyclic) bond motifs is 10. The zero-order chi connectivity index (χ0) is 46.5. The predicted molar refractivity (Wildman–Crippen MR) is 286 cm³/mol. The highest BCUT2D eigenvalue weighted by Gasteiger charge is 2.50. The van der Waals surface area contributed by atoms with Gasteiger partial charge in [0.1, 0.15) is 5.82 Å². The van der Waals surface area contributed by atoms with Crippen molar-refractivity contribution in [2.75, 3.05) is 9.80 Å². The summed E-state index contributed by atoms with van der Waals surface area (Å²) in [6.07, 6.45) is 2.27. The molecule has 0 fully saturated rings. The molecule has 11 rings (SSSR count). The van der Waals surface area contributed by atoms with Crippen LogP contribution in [0.25, 0.3) is 20.2 Å². The van der Waals surface area contributed by atoms with Crippen LogP contribution in [0.1, 0.15) is 170 Å². The fraction of sp³-hybridized carbons (Fsp3) is 0.441. The van der Waals surface area contributed by atoms with Gasteiger partial charge in [-0.2, -0.15) is 0 Å². The number of benzene rings is 4. The summed E-state index contributed by atoms with van der Waals surface area (Å²) in [5.74, 6) is 1.08. The fourth-order valence-corrected chi connectivity index (χ4v) is 15.6. The van der Waals surface area contributed by atoms with Gasteiger partial charge in [-0.15, -0.1) is 22.7 Å². The third kappa shape index (κ3) is 6.27. The molecule has 0 N–H and O–H groups in total. The van der Waals surface area contributed by atoms with Gasteiger partial charge in [0.2, 0.25) is 0 Å². The molecule has 0 spiro atoms. The van der Waals surface area contributed by atoms with Crippen LogP contribution >= 0.6 is 22.7 Å². The predicted octanol–water partition coefficient (Wildman–Crippen LogP) is 15.4. The van der Waals surface area contributed by atoms with Gasteiger partial charge in [0.15, 0.2) is 0 Å². The number of aromatic nitrogens is 1. The fourth-order valence-electron chi connectivity index (χ4n) is 12.9. The lowest BCUT2D eigenvalue weighted by molar-refractivity contribution is 0.402. The normalized spacial score (nSPS) is 18.8. The van der Waals surface area contributed by atoms with Gasteiger partial charge in [-0.05, 0) is 139 Å². The SMILES string of the molecule is CC(C)(C)c1ccc2sc3c(c2c1)N(c1ccc2c(c1)C(C)(C)CC2(C)C)c1cc(C(C)(C)C)nc2c1B3c1sc3ccc(C(C)(C)C)cc3c1N2c1ccc2c(c1)C(C)(C)CC2(C)C. The smallest absolute Gasteiger partial charge is 0.279 e. The number of rotatable bonds is 2. The van der Waals surface area contributed by atoms with Gasteiger partial charge < -0.3 is 4.90 Å². The molecule has 4 aliphatic rings. The monoisotopic (exact) mass is 893 g/mol. The second-order valence-electron chi connectivity index (χ2n) is 26.0. The van der Waals surface area contributed by atoms with Crippen molar-refractivity contribution in [2.24, 2.45) is 0 Å². The Bertz CT molecular complexity index is 2980. The van der Waals surface area contributed by atoms with E-state index in [2.05, 4.69) is 206 Å². The lowest BCUT2D eigenvalue weighted by atomic mass is 9.39. The van der Waals surface area contributed by atoms with Crippen LogP contribution in [0.15, 0.2) is 78.9 Å². The van der Waals surface area contributed by atoms with Crippen LogP contribution in [0.4, 0.5) is 34.3 Å². The van der Waals surface area contributed by atoms with E-state index in [-0.39, 0.29) is 44.6 Å². The van der Waals surface area contributed by atoms with Gasteiger partial charge in [-0.1, -0.05) is 142 Å². The van der Waals surface area contributed by atoms with Gasteiger partial charge in [0.25, 0.3) is 6.71 Å². The maximum absolute atomic E-state index is 5.96. The van der Waals surface area contributed by atoms with Crippen LogP contribution < -0.4 is 24.8 Å². The first kappa shape index (κ1) is 43.2. The van der Waals surface area contributed by atoms with Gasteiger partial charge in [0.05, 0.1) is 17.1 Å². The van der Waals surface area contributed by atoms with Gasteiger partial charge >= 0.3 is 0 Å². The van der Waals surface area contributed by atoms with E-state index >= 15 is 0 Å². The highest BCUT2D eigenvalue weighted by atomic mass is 32.1. The summed E-state index contributed by atoms with van der Waals surface area (Å²) in [5.41, 5.74) is 17.6. The molecule has 65 heavy (non-hydrogen) atoms. The largest absolute Gasteiger partial charge is 0.310 e. The molecule has 334 valence electrons. The molecular formula is C59H68BN3S2. The van der Waals surface area contributed by atoms with Crippen molar-refractivity contribution in [2.45, 2.75) is 168 Å². The van der Waals surface area contributed by atoms with Crippen molar-refractivity contribution in [3.05, 3.63) is 118 Å². The second-order valence-corrected chi connectivity index (χ2v) is 28.2. The molecule has 0 bridgehead atoms. The summed E-state index contributed by atoms with van der Waals surface area (Å²) in [4.78, 5) is 11.3. The van der Waals surface area contributed by atoms with E-state index in [9.17, 15) is 0 Å². The first-order valence-electron chi connectivity index (χ1n) is 24.2.